The Hall–Kier alpha value is -1.16. The van der Waals surface area contributed by atoms with E-state index in [1.54, 1.807) is 0 Å². The number of nitrogens with one attached hydrogen (secondary N) is 1. The number of nitrogens with zero attached hydrogens (tertiary/aromatic N) is 3. The van der Waals surface area contributed by atoms with E-state index in [-0.39, 0.29) is 0 Å². The molecule has 4 heteroatoms. The van der Waals surface area contributed by atoms with Crippen LogP contribution < -0.4 is 10.2 Å². The van der Waals surface area contributed by atoms with Crippen LogP contribution in [0, 0.1) is 12.8 Å². The maximum atomic E-state index is 4.28. The van der Waals surface area contributed by atoms with Crippen LogP contribution in [-0.2, 0) is 0 Å². The van der Waals surface area contributed by atoms with Crippen molar-refractivity contribution in [2.24, 2.45) is 5.92 Å². The molecule has 1 aliphatic heterocycles. The lowest BCUT2D eigenvalue weighted by Gasteiger charge is -2.30. The maximum Gasteiger partial charge on any atom is 0.151 e. The van der Waals surface area contributed by atoms with Crippen LogP contribution in [0.4, 0.5) is 5.82 Å². The van der Waals surface area contributed by atoms with Crippen LogP contribution in [0.25, 0.3) is 0 Å². The zero-order valence-corrected chi connectivity index (χ0v) is 11.5. The van der Waals surface area contributed by atoms with Crippen molar-refractivity contribution in [2.45, 2.75) is 33.1 Å². The van der Waals surface area contributed by atoms with Crippen molar-refractivity contribution >= 4 is 5.82 Å². The van der Waals surface area contributed by atoms with E-state index in [4.69, 9.17) is 0 Å². The Balaban J connectivity index is 2.02. The number of aromatic nitrogens is 2. The highest BCUT2D eigenvalue weighted by Gasteiger charge is 2.17. The van der Waals surface area contributed by atoms with E-state index in [1.807, 2.05) is 6.20 Å². The molecule has 1 unspecified atom stereocenters. The first-order valence-corrected chi connectivity index (χ1v) is 7.04. The minimum absolute atomic E-state index is 0.743. The fourth-order valence-corrected chi connectivity index (χ4v) is 2.56. The Morgan fingerprint density at radius 3 is 3.06 bits per heavy atom. The van der Waals surface area contributed by atoms with Crippen molar-refractivity contribution < 1.29 is 0 Å². The molecule has 2 heterocycles. The van der Waals surface area contributed by atoms with Crippen LogP contribution in [0.1, 0.15) is 31.7 Å². The van der Waals surface area contributed by atoms with Gasteiger partial charge in [-0.15, -0.1) is 5.10 Å². The molecule has 1 atom stereocenters. The smallest absolute Gasteiger partial charge is 0.151 e. The van der Waals surface area contributed by atoms with E-state index < -0.39 is 0 Å². The molecule has 100 valence electrons. The maximum absolute atomic E-state index is 4.28. The summed E-state index contributed by atoms with van der Waals surface area (Å²) in [5.41, 5.74) is 1.18. The van der Waals surface area contributed by atoms with Crippen molar-refractivity contribution in [3.05, 3.63) is 17.8 Å². The quantitative estimate of drug-likeness (QED) is 0.865. The van der Waals surface area contributed by atoms with Gasteiger partial charge in [0.25, 0.3) is 0 Å². The van der Waals surface area contributed by atoms with E-state index in [2.05, 4.69) is 40.3 Å². The van der Waals surface area contributed by atoms with Crippen LogP contribution in [0.5, 0.6) is 0 Å². The van der Waals surface area contributed by atoms with Crippen molar-refractivity contribution in [1.82, 2.24) is 15.5 Å². The number of hydrogen-bond donors (Lipinski definition) is 1. The van der Waals surface area contributed by atoms with Gasteiger partial charge in [0.05, 0.1) is 6.20 Å². The summed E-state index contributed by atoms with van der Waals surface area (Å²) in [7, 11) is 0. The van der Waals surface area contributed by atoms with Crippen LogP contribution in [0.3, 0.4) is 0 Å². The molecular weight excluding hydrogens is 224 g/mol. The van der Waals surface area contributed by atoms with E-state index in [1.165, 1.54) is 24.9 Å². The molecule has 2 rings (SSSR count). The average molecular weight is 248 g/mol. The molecule has 1 fully saturated rings. The molecule has 1 N–H and O–H groups in total. The van der Waals surface area contributed by atoms with E-state index in [0.717, 1.165) is 37.8 Å². The predicted octanol–water partition coefficient (Wildman–Crippen LogP) is 2.00. The zero-order chi connectivity index (χ0) is 12.8. The Labute approximate surface area is 110 Å². The molecule has 4 nitrogen and oxygen atoms in total. The van der Waals surface area contributed by atoms with Crippen LogP contribution in [0.15, 0.2) is 12.3 Å². The number of anilines is 1. The normalized spacial score (nSPS) is 19.8. The molecule has 0 bridgehead atoms. The highest BCUT2D eigenvalue weighted by molar-refractivity contribution is 5.39. The number of rotatable bonds is 5. The van der Waals surface area contributed by atoms with Gasteiger partial charge in [-0.2, -0.15) is 5.10 Å². The molecule has 0 aromatic carbocycles. The second kappa shape index (κ2) is 6.69. The fourth-order valence-electron chi connectivity index (χ4n) is 2.56. The summed E-state index contributed by atoms with van der Waals surface area (Å²) in [4.78, 5) is 2.39. The SMILES string of the molecule is CCCN(CC1CCCNC1)c1cc(C)cnn1. The minimum atomic E-state index is 0.743. The third-order valence-corrected chi connectivity index (χ3v) is 3.47. The van der Waals surface area contributed by atoms with Gasteiger partial charge < -0.3 is 10.2 Å². The fraction of sp³-hybridized carbons (Fsp3) is 0.714. The number of aryl methyl sites for hydroxylation is 1. The second-order valence-electron chi connectivity index (χ2n) is 5.25. The molecule has 1 saturated heterocycles. The Morgan fingerprint density at radius 1 is 1.50 bits per heavy atom. The van der Waals surface area contributed by atoms with Crippen LogP contribution >= 0.6 is 0 Å². The molecule has 0 spiro atoms. The minimum Gasteiger partial charge on any atom is -0.355 e. The Kier molecular flexibility index (Phi) is 4.93. The van der Waals surface area contributed by atoms with Crippen molar-refractivity contribution in [3.8, 4) is 0 Å². The third-order valence-electron chi connectivity index (χ3n) is 3.47. The van der Waals surface area contributed by atoms with Gasteiger partial charge in [0.15, 0.2) is 5.82 Å². The number of piperidine rings is 1. The third kappa shape index (κ3) is 3.67. The lowest BCUT2D eigenvalue weighted by Crippen LogP contribution is -2.39. The largest absolute Gasteiger partial charge is 0.355 e. The molecule has 1 aromatic rings. The van der Waals surface area contributed by atoms with Gasteiger partial charge in [-0.1, -0.05) is 6.92 Å². The van der Waals surface area contributed by atoms with E-state index in [9.17, 15) is 0 Å². The summed E-state index contributed by atoms with van der Waals surface area (Å²) < 4.78 is 0. The highest BCUT2D eigenvalue weighted by Crippen LogP contribution is 2.17. The number of hydrogen-bond acceptors (Lipinski definition) is 4. The predicted molar refractivity (Wildman–Crippen MR) is 74.9 cm³/mol. The van der Waals surface area contributed by atoms with Gasteiger partial charge in [0.2, 0.25) is 0 Å². The second-order valence-corrected chi connectivity index (χ2v) is 5.25. The van der Waals surface area contributed by atoms with Gasteiger partial charge >= 0.3 is 0 Å². The van der Waals surface area contributed by atoms with E-state index >= 15 is 0 Å². The lowest BCUT2D eigenvalue weighted by atomic mass is 9.99. The van der Waals surface area contributed by atoms with Crippen molar-refractivity contribution in [2.75, 3.05) is 31.1 Å². The van der Waals surface area contributed by atoms with Gasteiger partial charge in [0.1, 0.15) is 0 Å². The molecule has 0 aliphatic carbocycles. The van der Waals surface area contributed by atoms with Crippen LogP contribution in [-0.4, -0.2) is 36.4 Å². The van der Waals surface area contributed by atoms with Gasteiger partial charge in [-0.3, -0.25) is 0 Å². The standard InChI is InChI=1S/C14H24N4/c1-3-7-18(11-13-5-4-6-15-10-13)14-8-12(2)9-16-17-14/h8-9,13,15H,3-7,10-11H2,1-2H3. The summed E-state index contributed by atoms with van der Waals surface area (Å²) in [6.45, 7) is 8.77. The summed E-state index contributed by atoms with van der Waals surface area (Å²) >= 11 is 0. The molecule has 18 heavy (non-hydrogen) atoms. The van der Waals surface area contributed by atoms with E-state index in [0.29, 0.717) is 0 Å². The molecular formula is C14H24N4. The highest BCUT2D eigenvalue weighted by atomic mass is 15.3. The van der Waals surface area contributed by atoms with Crippen molar-refractivity contribution in [3.63, 3.8) is 0 Å². The Morgan fingerprint density at radius 2 is 2.39 bits per heavy atom. The van der Waals surface area contributed by atoms with Gasteiger partial charge in [-0.05, 0) is 56.8 Å². The summed E-state index contributed by atoms with van der Waals surface area (Å²) in [6, 6.07) is 2.14. The summed E-state index contributed by atoms with van der Waals surface area (Å²) in [6.07, 6.45) is 5.59. The Bertz CT molecular complexity index is 361. The molecule has 0 radical (unpaired) electrons. The zero-order valence-electron chi connectivity index (χ0n) is 11.5. The average Bonchev–Trinajstić information content (AvgIpc) is 2.39. The first-order valence-electron chi connectivity index (χ1n) is 7.04. The van der Waals surface area contributed by atoms with Gasteiger partial charge in [-0.25, -0.2) is 0 Å². The molecule has 1 aromatic heterocycles. The summed E-state index contributed by atoms with van der Waals surface area (Å²) in [5, 5.41) is 11.8. The first-order chi connectivity index (χ1) is 8.79. The molecule has 1 aliphatic rings. The molecule has 0 amide bonds. The van der Waals surface area contributed by atoms with Crippen molar-refractivity contribution in [1.29, 1.82) is 0 Å². The van der Waals surface area contributed by atoms with Crippen LogP contribution in [0.2, 0.25) is 0 Å². The topological polar surface area (TPSA) is 41.0 Å². The first kappa shape index (κ1) is 13.3. The molecule has 0 saturated carbocycles. The van der Waals surface area contributed by atoms with Gasteiger partial charge in [0, 0.05) is 13.1 Å². The summed E-state index contributed by atoms with van der Waals surface area (Å²) in [5.74, 6) is 1.77. The monoisotopic (exact) mass is 248 g/mol. The lowest BCUT2D eigenvalue weighted by molar-refractivity contribution is 0.376.